The van der Waals surface area contributed by atoms with Crippen LogP contribution in [0.4, 0.5) is 5.82 Å². The topological polar surface area (TPSA) is 108 Å². The largest absolute Gasteiger partial charge is 0.480 e. The fraction of sp³-hybridized carbons (Fsp3) is 0.500. The van der Waals surface area contributed by atoms with Crippen molar-refractivity contribution >= 4 is 21.8 Å². The SMILES string of the molecule is CC[C@H](C)[C@H](Nc1ccc(S(=O)(=O)NC)cn1)C(=O)O. The Morgan fingerprint density at radius 1 is 1.45 bits per heavy atom. The third-order valence-corrected chi connectivity index (χ3v) is 4.50. The molecular weight excluding hydrogens is 282 g/mol. The number of nitrogens with one attached hydrogen (secondary N) is 2. The lowest BCUT2D eigenvalue weighted by Crippen LogP contribution is -2.35. The highest BCUT2D eigenvalue weighted by molar-refractivity contribution is 7.89. The van der Waals surface area contributed by atoms with E-state index < -0.39 is 22.0 Å². The predicted octanol–water partition coefficient (Wildman–Crippen LogP) is 0.901. The van der Waals surface area contributed by atoms with Gasteiger partial charge in [0.1, 0.15) is 16.8 Å². The van der Waals surface area contributed by atoms with Crippen molar-refractivity contribution in [1.29, 1.82) is 0 Å². The Bertz CT molecular complexity index is 557. The van der Waals surface area contributed by atoms with Gasteiger partial charge in [0.2, 0.25) is 10.0 Å². The number of carboxylic acid groups (broad SMARTS) is 1. The summed E-state index contributed by atoms with van der Waals surface area (Å²) in [5.74, 6) is -0.712. The monoisotopic (exact) mass is 301 g/mol. The summed E-state index contributed by atoms with van der Waals surface area (Å²) in [6.07, 6.45) is 1.89. The molecular formula is C12H19N3O4S. The van der Waals surface area contributed by atoms with E-state index in [1.807, 2.05) is 13.8 Å². The van der Waals surface area contributed by atoms with Gasteiger partial charge in [0.25, 0.3) is 0 Å². The van der Waals surface area contributed by atoms with Crippen LogP contribution in [0.5, 0.6) is 0 Å². The lowest BCUT2D eigenvalue weighted by molar-refractivity contribution is -0.139. The van der Waals surface area contributed by atoms with Gasteiger partial charge in [-0.25, -0.2) is 22.9 Å². The van der Waals surface area contributed by atoms with Crippen LogP contribution in [0.1, 0.15) is 20.3 Å². The molecule has 20 heavy (non-hydrogen) atoms. The van der Waals surface area contributed by atoms with E-state index in [9.17, 15) is 13.2 Å². The maximum absolute atomic E-state index is 11.5. The van der Waals surface area contributed by atoms with E-state index in [2.05, 4.69) is 15.0 Å². The lowest BCUT2D eigenvalue weighted by Gasteiger charge is -2.20. The van der Waals surface area contributed by atoms with Gasteiger partial charge in [-0.1, -0.05) is 20.3 Å². The first-order chi connectivity index (χ1) is 9.31. The Balaban J connectivity index is 2.91. The van der Waals surface area contributed by atoms with Crippen LogP contribution >= 0.6 is 0 Å². The summed E-state index contributed by atoms with van der Waals surface area (Å²) in [6, 6.07) is 2.05. The normalized spacial score (nSPS) is 14.6. The quantitative estimate of drug-likeness (QED) is 0.690. The molecule has 1 aromatic rings. The third kappa shape index (κ3) is 3.91. The van der Waals surface area contributed by atoms with E-state index in [1.165, 1.54) is 25.4 Å². The van der Waals surface area contributed by atoms with Crippen LogP contribution in [0.15, 0.2) is 23.2 Å². The number of sulfonamides is 1. The van der Waals surface area contributed by atoms with Crippen LogP contribution in [0.2, 0.25) is 0 Å². The molecule has 0 saturated heterocycles. The fourth-order valence-corrected chi connectivity index (χ4v) is 2.26. The van der Waals surface area contributed by atoms with Crippen molar-refractivity contribution in [2.45, 2.75) is 31.2 Å². The zero-order chi connectivity index (χ0) is 15.3. The first-order valence-electron chi connectivity index (χ1n) is 6.20. The van der Waals surface area contributed by atoms with Crippen LogP contribution < -0.4 is 10.0 Å². The van der Waals surface area contributed by atoms with Gasteiger partial charge in [-0.3, -0.25) is 0 Å². The van der Waals surface area contributed by atoms with Gasteiger partial charge in [-0.15, -0.1) is 0 Å². The van der Waals surface area contributed by atoms with Crippen molar-refractivity contribution in [3.8, 4) is 0 Å². The molecule has 0 radical (unpaired) electrons. The highest BCUT2D eigenvalue weighted by Gasteiger charge is 2.23. The number of aromatic nitrogens is 1. The van der Waals surface area contributed by atoms with Crippen LogP contribution in [-0.2, 0) is 14.8 Å². The molecule has 0 unspecified atom stereocenters. The molecule has 1 aromatic heterocycles. The van der Waals surface area contributed by atoms with E-state index in [0.717, 1.165) is 0 Å². The number of carbonyl (C=O) groups is 1. The Kier molecular flexibility index (Phi) is 5.46. The Morgan fingerprint density at radius 3 is 2.50 bits per heavy atom. The van der Waals surface area contributed by atoms with Gasteiger partial charge >= 0.3 is 5.97 Å². The number of hydrogen-bond donors (Lipinski definition) is 3. The molecule has 0 aliphatic rings. The van der Waals surface area contributed by atoms with Crippen molar-refractivity contribution in [3.63, 3.8) is 0 Å². The van der Waals surface area contributed by atoms with Crippen LogP contribution in [0.25, 0.3) is 0 Å². The maximum Gasteiger partial charge on any atom is 0.326 e. The van der Waals surface area contributed by atoms with E-state index in [1.54, 1.807) is 0 Å². The minimum absolute atomic E-state index is 0.0287. The zero-order valence-electron chi connectivity index (χ0n) is 11.6. The van der Waals surface area contributed by atoms with Gasteiger partial charge in [0, 0.05) is 6.20 Å². The van der Waals surface area contributed by atoms with Crippen molar-refractivity contribution in [3.05, 3.63) is 18.3 Å². The molecule has 0 amide bonds. The summed E-state index contributed by atoms with van der Waals surface area (Å²) in [5.41, 5.74) is 0. The molecule has 0 aliphatic heterocycles. The van der Waals surface area contributed by atoms with Crippen molar-refractivity contribution in [2.75, 3.05) is 12.4 Å². The third-order valence-electron chi connectivity index (χ3n) is 3.10. The summed E-state index contributed by atoms with van der Waals surface area (Å²) in [7, 11) is -2.23. The molecule has 0 spiro atoms. The fourth-order valence-electron chi connectivity index (χ4n) is 1.58. The average molecular weight is 301 g/mol. The second-order valence-corrected chi connectivity index (χ2v) is 6.32. The molecule has 2 atom stereocenters. The number of carboxylic acids is 1. The Morgan fingerprint density at radius 2 is 2.10 bits per heavy atom. The number of anilines is 1. The van der Waals surface area contributed by atoms with E-state index in [4.69, 9.17) is 5.11 Å². The lowest BCUT2D eigenvalue weighted by atomic mass is 9.99. The molecule has 0 aromatic carbocycles. The maximum atomic E-state index is 11.5. The predicted molar refractivity (Wildman–Crippen MR) is 75.0 cm³/mol. The molecule has 7 nitrogen and oxygen atoms in total. The number of hydrogen-bond acceptors (Lipinski definition) is 5. The zero-order valence-corrected chi connectivity index (χ0v) is 12.4. The van der Waals surface area contributed by atoms with E-state index >= 15 is 0 Å². The molecule has 0 fully saturated rings. The molecule has 0 saturated carbocycles. The van der Waals surface area contributed by atoms with Crippen LogP contribution in [0.3, 0.4) is 0 Å². The number of nitrogens with zero attached hydrogens (tertiary/aromatic N) is 1. The average Bonchev–Trinajstić information content (AvgIpc) is 2.44. The number of aliphatic carboxylic acids is 1. The summed E-state index contributed by atoms with van der Waals surface area (Å²) in [5, 5.41) is 12.0. The van der Waals surface area contributed by atoms with Crippen molar-refractivity contribution in [1.82, 2.24) is 9.71 Å². The first-order valence-corrected chi connectivity index (χ1v) is 7.69. The molecule has 0 bridgehead atoms. The molecule has 3 N–H and O–H groups in total. The molecule has 112 valence electrons. The standard InChI is InChI=1S/C12H19N3O4S/c1-4-8(2)11(12(16)17)15-10-6-5-9(7-14-10)20(18,19)13-3/h5-8,11,13H,4H2,1-3H3,(H,14,15)(H,16,17)/t8-,11-/m0/s1. The molecule has 1 heterocycles. The summed E-state index contributed by atoms with van der Waals surface area (Å²) >= 11 is 0. The number of pyridine rings is 1. The van der Waals surface area contributed by atoms with Crippen LogP contribution in [0, 0.1) is 5.92 Å². The van der Waals surface area contributed by atoms with Gasteiger partial charge in [0.05, 0.1) is 0 Å². The van der Waals surface area contributed by atoms with Gasteiger partial charge in [-0.2, -0.15) is 0 Å². The minimum Gasteiger partial charge on any atom is -0.480 e. The second kappa shape index (κ2) is 6.67. The molecule has 1 rings (SSSR count). The van der Waals surface area contributed by atoms with Gasteiger partial charge in [0.15, 0.2) is 0 Å². The second-order valence-electron chi connectivity index (χ2n) is 4.43. The van der Waals surface area contributed by atoms with Crippen molar-refractivity contribution < 1.29 is 18.3 Å². The first kappa shape index (κ1) is 16.4. The van der Waals surface area contributed by atoms with Gasteiger partial charge in [-0.05, 0) is 25.1 Å². The smallest absolute Gasteiger partial charge is 0.326 e. The van der Waals surface area contributed by atoms with Crippen molar-refractivity contribution in [2.24, 2.45) is 5.92 Å². The Hall–Kier alpha value is -1.67. The minimum atomic E-state index is -3.54. The number of rotatable bonds is 7. The summed E-state index contributed by atoms with van der Waals surface area (Å²) < 4.78 is 25.2. The Labute approximate surface area is 118 Å². The summed E-state index contributed by atoms with van der Waals surface area (Å²) in [4.78, 5) is 15.1. The highest BCUT2D eigenvalue weighted by Crippen LogP contribution is 2.15. The van der Waals surface area contributed by atoms with E-state index in [-0.39, 0.29) is 10.8 Å². The molecule has 0 aliphatic carbocycles. The van der Waals surface area contributed by atoms with Gasteiger partial charge < -0.3 is 10.4 Å². The van der Waals surface area contributed by atoms with Crippen LogP contribution in [-0.4, -0.2) is 37.6 Å². The highest BCUT2D eigenvalue weighted by atomic mass is 32.2. The molecule has 8 heteroatoms. The van der Waals surface area contributed by atoms with E-state index in [0.29, 0.717) is 12.2 Å². The summed E-state index contributed by atoms with van der Waals surface area (Å²) in [6.45, 7) is 3.73.